The van der Waals surface area contributed by atoms with Gasteiger partial charge in [0.1, 0.15) is 17.2 Å². The van der Waals surface area contributed by atoms with E-state index in [-0.39, 0.29) is 5.97 Å². The molecule has 0 aliphatic heterocycles. The van der Waals surface area contributed by atoms with Crippen molar-refractivity contribution in [2.45, 2.75) is 90.7 Å². The Kier molecular flexibility index (Phi) is 19.0. The van der Waals surface area contributed by atoms with Gasteiger partial charge in [-0.05, 0) is 78.0 Å². The maximum Gasteiger partial charge on any atom is 0.408 e. The average Bonchev–Trinajstić information content (AvgIpc) is 2.89. The van der Waals surface area contributed by atoms with Gasteiger partial charge in [-0.15, -0.1) is 0 Å². The van der Waals surface area contributed by atoms with Crippen molar-refractivity contribution in [3.05, 3.63) is 29.6 Å². The Morgan fingerprint density at radius 2 is 1.38 bits per heavy atom. The molecular formula is C30H50FNO8. The molecule has 1 aromatic rings. The number of halogens is 1. The van der Waals surface area contributed by atoms with E-state index in [1.807, 2.05) is 0 Å². The Morgan fingerprint density at radius 1 is 0.825 bits per heavy atom. The quantitative estimate of drug-likeness (QED) is 0.131. The Hall–Kier alpha value is -2.43. The van der Waals surface area contributed by atoms with Gasteiger partial charge < -0.3 is 33.7 Å². The largest absolute Gasteiger partial charge is 0.494 e. The highest BCUT2D eigenvalue weighted by Crippen LogP contribution is 2.23. The predicted octanol–water partition coefficient (Wildman–Crippen LogP) is 6.13. The Labute approximate surface area is 239 Å². The van der Waals surface area contributed by atoms with Gasteiger partial charge in [-0.1, -0.05) is 12.8 Å². The van der Waals surface area contributed by atoms with Gasteiger partial charge in [0, 0.05) is 25.2 Å². The standard InChI is InChI=1S/C30H50FNO8/c1-24(32-29(34)40-30(2,3)4)26-23-25(14-15-27(26)31)39-18-12-7-6-10-16-36-19-21-38-22-20-37-17-11-8-9-13-28(33)35-5/h14-15,23-24H,6-13,16-22H2,1-5H3,(H,32,34)/t24-/m1/s1. The van der Waals surface area contributed by atoms with E-state index < -0.39 is 23.6 Å². The van der Waals surface area contributed by atoms with Crippen LogP contribution in [-0.2, 0) is 28.5 Å². The van der Waals surface area contributed by atoms with Crippen molar-refractivity contribution in [2.24, 2.45) is 0 Å². The zero-order valence-corrected chi connectivity index (χ0v) is 25.1. The number of hydrogen-bond donors (Lipinski definition) is 1. The average molecular weight is 572 g/mol. The number of ether oxygens (including phenoxy) is 6. The SMILES string of the molecule is COC(=O)CCCCCOCCOCCOCCCCCCOc1ccc(F)c([C@@H](C)NC(=O)OC(C)(C)C)c1. The minimum absolute atomic E-state index is 0.164. The van der Waals surface area contributed by atoms with Crippen molar-refractivity contribution >= 4 is 12.1 Å². The van der Waals surface area contributed by atoms with E-state index in [0.717, 1.165) is 44.9 Å². The molecule has 0 aliphatic rings. The number of nitrogens with one attached hydrogen (secondary N) is 1. The van der Waals surface area contributed by atoms with Crippen LogP contribution in [0.3, 0.4) is 0 Å². The van der Waals surface area contributed by atoms with Crippen LogP contribution in [0.25, 0.3) is 0 Å². The van der Waals surface area contributed by atoms with Crippen LogP contribution >= 0.6 is 0 Å². The van der Waals surface area contributed by atoms with Gasteiger partial charge in [0.05, 0.1) is 46.2 Å². The fraction of sp³-hybridized carbons (Fsp3) is 0.733. The summed E-state index contributed by atoms with van der Waals surface area (Å²) in [4.78, 5) is 23.0. The lowest BCUT2D eigenvalue weighted by molar-refractivity contribution is -0.140. The van der Waals surface area contributed by atoms with E-state index in [1.54, 1.807) is 39.8 Å². The predicted molar refractivity (Wildman–Crippen MR) is 151 cm³/mol. The summed E-state index contributed by atoms with van der Waals surface area (Å²) in [5.41, 5.74) is -0.276. The summed E-state index contributed by atoms with van der Waals surface area (Å²) in [5, 5.41) is 2.66. The molecule has 10 heteroatoms. The van der Waals surface area contributed by atoms with Gasteiger partial charge in [0.2, 0.25) is 0 Å². The van der Waals surface area contributed by atoms with Gasteiger partial charge in [-0.3, -0.25) is 4.79 Å². The lowest BCUT2D eigenvalue weighted by Crippen LogP contribution is -2.34. The summed E-state index contributed by atoms with van der Waals surface area (Å²) in [7, 11) is 1.40. The monoisotopic (exact) mass is 571 g/mol. The molecule has 0 aliphatic carbocycles. The van der Waals surface area contributed by atoms with Crippen LogP contribution in [0.1, 0.15) is 90.7 Å². The second-order valence-corrected chi connectivity index (χ2v) is 10.5. The lowest BCUT2D eigenvalue weighted by Gasteiger charge is -2.22. The first kappa shape index (κ1) is 35.6. The molecule has 1 aromatic carbocycles. The summed E-state index contributed by atoms with van der Waals surface area (Å²) < 4.78 is 46.6. The van der Waals surface area contributed by atoms with E-state index >= 15 is 0 Å². The van der Waals surface area contributed by atoms with Crippen molar-refractivity contribution in [2.75, 3.05) is 53.4 Å². The second-order valence-electron chi connectivity index (χ2n) is 10.5. The number of carbonyl (C=O) groups excluding carboxylic acids is 2. The number of alkyl carbamates (subject to hydrolysis) is 1. The minimum Gasteiger partial charge on any atom is -0.494 e. The van der Waals surface area contributed by atoms with E-state index in [9.17, 15) is 14.0 Å². The first-order chi connectivity index (χ1) is 19.1. The molecule has 1 N–H and O–H groups in total. The van der Waals surface area contributed by atoms with Crippen molar-refractivity contribution in [3.63, 3.8) is 0 Å². The van der Waals surface area contributed by atoms with Crippen LogP contribution in [0.2, 0.25) is 0 Å². The third-order valence-corrected chi connectivity index (χ3v) is 5.76. The molecule has 0 saturated heterocycles. The molecule has 1 amide bonds. The van der Waals surface area contributed by atoms with Crippen LogP contribution < -0.4 is 10.1 Å². The molecule has 0 saturated carbocycles. The van der Waals surface area contributed by atoms with Gasteiger partial charge in [0.15, 0.2) is 0 Å². The maximum atomic E-state index is 14.3. The Bertz CT molecular complexity index is 830. The number of rotatable bonds is 22. The molecule has 0 unspecified atom stereocenters. The van der Waals surface area contributed by atoms with E-state index in [1.165, 1.54) is 13.2 Å². The molecule has 230 valence electrons. The molecule has 0 spiro atoms. The van der Waals surface area contributed by atoms with Crippen LogP contribution in [0.4, 0.5) is 9.18 Å². The Morgan fingerprint density at radius 3 is 1.95 bits per heavy atom. The number of amides is 1. The van der Waals surface area contributed by atoms with E-state index in [0.29, 0.717) is 64.0 Å². The molecular weight excluding hydrogens is 521 g/mol. The second kappa shape index (κ2) is 21.3. The summed E-state index contributed by atoms with van der Waals surface area (Å²) >= 11 is 0. The molecule has 1 rings (SSSR count). The number of carbonyl (C=O) groups is 2. The fourth-order valence-electron chi connectivity index (χ4n) is 3.65. The first-order valence-corrected chi connectivity index (χ1v) is 14.3. The first-order valence-electron chi connectivity index (χ1n) is 14.3. The molecule has 0 aromatic heterocycles. The third-order valence-electron chi connectivity index (χ3n) is 5.76. The summed E-state index contributed by atoms with van der Waals surface area (Å²) in [6.07, 6.45) is 6.45. The highest BCUT2D eigenvalue weighted by atomic mass is 19.1. The number of esters is 1. The molecule has 0 heterocycles. The molecule has 0 bridgehead atoms. The van der Waals surface area contributed by atoms with Crippen LogP contribution in [0, 0.1) is 5.82 Å². The van der Waals surface area contributed by atoms with Crippen molar-refractivity contribution in [3.8, 4) is 5.75 Å². The lowest BCUT2D eigenvalue weighted by atomic mass is 10.1. The Balaban J connectivity index is 1.99. The van der Waals surface area contributed by atoms with Gasteiger partial charge >= 0.3 is 12.1 Å². The molecule has 0 fully saturated rings. The molecule has 0 radical (unpaired) electrons. The number of unbranched alkanes of at least 4 members (excludes halogenated alkanes) is 5. The number of methoxy groups -OCH3 is 1. The topological polar surface area (TPSA) is 102 Å². The van der Waals surface area contributed by atoms with Gasteiger partial charge in [-0.2, -0.15) is 0 Å². The van der Waals surface area contributed by atoms with Crippen LogP contribution in [-0.4, -0.2) is 71.0 Å². The number of benzene rings is 1. The van der Waals surface area contributed by atoms with Gasteiger partial charge in [-0.25, -0.2) is 9.18 Å². The fourth-order valence-corrected chi connectivity index (χ4v) is 3.65. The zero-order valence-electron chi connectivity index (χ0n) is 25.1. The maximum absolute atomic E-state index is 14.3. The molecule has 9 nitrogen and oxygen atoms in total. The van der Waals surface area contributed by atoms with Crippen molar-refractivity contribution in [1.82, 2.24) is 5.32 Å². The van der Waals surface area contributed by atoms with Crippen molar-refractivity contribution < 1.29 is 42.4 Å². The molecule has 40 heavy (non-hydrogen) atoms. The van der Waals surface area contributed by atoms with Crippen LogP contribution in [0.15, 0.2) is 18.2 Å². The number of hydrogen-bond acceptors (Lipinski definition) is 8. The third kappa shape index (κ3) is 18.8. The summed E-state index contributed by atoms with van der Waals surface area (Å²) in [5.74, 6) is -0.00335. The van der Waals surface area contributed by atoms with E-state index in [4.69, 9.17) is 23.7 Å². The molecule has 1 atom stereocenters. The summed E-state index contributed by atoms with van der Waals surface area (Å²) in [6.45, 7) is 11.1. The van der Waals surface area contributed by atoms with Crippen molar-refractivity contribution in [1.29, 1.82) is 0 Å². The zero-order chi connectivity index (χ0) is 29.6. The van der Waals surface area contributed by atoms with Gasteiger partial charge in [0.25, 0.3) is 0 Å². The minimum atomic E-state index is -0.625. The normalized spacial score (nSPS) is 12.2. The smallest absolute Gasteiger partial charge is 0.408 e. The summed E-state index contributed by atoms with van der Waals surface area (Å²) in [6, 6.07) is 4.01. The highest BCUT2D eigenvalue weighted by Gasteiger charge is 2.20. The van der Waals surface area contributed by atoms with E-state index in [2.05, 4.69) is 10.1 Å². The highest BCUT2D eigenvalue weighted by molar-refractivity contribution is 5.69. The van der Waals surface area contributed by atoms with Crippen LogP contribution in [0.5, 0.6) is 5.75 Å².